The molecule has 4 rings (SSSR count). The zero-order valence-corrected chi connectivity index (χ0v) is 12.4. The van der Waals surface area contributed by atoms with Crippen LogP contribution in [0.3, 0.4) is 0 Å². The van der Waals surface area contributed by atoms with E-state index >= 15 is 0 Å². The molecule has 0 spiro atoms. The van der Waals surface area contributed by atoms with Gasteiger partial charge in [-0.2, -0.15) is 4.98 Å². The highest BCUT2D eigenvalue weighted by Gasteiger charge is 2.13. The Kier molecular flexibility index (Phi) is 3.63. The second kappa shape index (κ2) is 6.08. The molecular formula is C17H15N3O3. The first kappa shape index (κ1) is 13.8. The Morgan fingerprint density at radius 2 is 1.87 bits per heavy atom. The monoisotopic (exact) mass is 309 g/mol. The Bertz CT molecular complexity index is 802. The maximum atomic E-state index is 5.59. The predicted octanol–water partition coefficient (Wildman–Crippen LogP) is 2.69. The summed E-state index contributed by atoms with van der Waals surface area (Å²) in [7, 11) is 0. The number of rotatable bonds is 4. The van der Waals surface area contributed by atoms with Crippen LogP contribution < -0.4 is 9.47 Å². The fourth-order valence-corrected chi connectivity index (χ4v) is 2.45. The highest BCUT2D eigenvalue weighted by molar-refractivity contribution is 5.47. The van der Waals surface area contributed by atoms with Crippen molar-refractivity contribution in [1.29, 1.82) is 0 Å². The minimum absolute atomic E-state index is 0.516. The van der Waals surface area contributed by atoms with Gasteiger partial charge >= 0.3 is 0 Å². The van der Waals surface area contributed by atoms with Crippen LogP contribution in [-0.4, -0.2) is 28.3 Å². The number of aromatic nitrogens is 3. The Labute approximate surface area is 133 Å². The molecule has 0 atom stereocenters. The first-order chi connectivity index (χ1) is 11.4. The minimum atomic E-state index is 0.516. The fourth-order valence-electron chi connectivity index (χ4n) is 2.45. The molecule has 0 unspecified atom stereocenters. The minimum Gasteiger partial charge on any atom is -0.486 e. The molecule has 6 heteroatoms. The van der Waals surface area contributed by atoms with Crippen LogP contribution in [0.2, 0.25) is 0 Å². The van der Waals surface area contributed by atoms with Gasteiger partial charge in [0.2, 0.25) is 11.7 Å². The molecule has 0 saturated carbocycles. The summed E-state index contributed by atoms with van der Waals surface area (Å²) >= 11 is 0. The van der Waals surface area contributed by atoms with Crippen molar-refractivity contribution in [1.82, 2.24) is 15.1 Å². The van der Waals surface area contributed by atoms with Crippen LogP contribution in [0.15, 0.2) is 47.1 Å². The van der Waals surface area contributed by atoms with E-state index in [1.54, 1.807) is 6.20 Å². The standard InChI is InChI=1S/C17H15N3O3/c1-2-8-18-13(3-1)17-19-16(23-20-17)7-5-12-4-6-14-15(11-12)22-10-9-21-14/h1-4,6,8,11H,5,7,9-10H2. The lowest BCUT2D eigenvalue weighted by Gasteiger charge is -2.18. The number of pyridine rings is 1. The second-order valence-electron chi connectivity index (χ2n) is 5.20. The van der Waals surface area contributed by atoms with Crippen LogP contribution in [0.1, 0.15) is 11.5 Å². The van der Waals surface area contributed by atoms with Gasteiger partial charge in [0.15, 0.2) is 11.5 Å². The van der Waals surface area contributed by atoms with E-state index in [4.69, 9.17) is 14.0 Å². The molecule has 1 aliphatic heterocycles. The van der Waals surface area contributed by atoms with Gasteiger partial charge in [-0.3, -0.25) is 4.98 Å². The van der Waals surface area contributed by atoms with Gasteiger partial charge < -0.3 is 14.0 Å². The molecule has 3 aromatic rings. The van der Waals surface area contributed by atoms with Gasteiger partial charge in [0.25, 0.3) is 0 Å². The van der Waals surface area contributed by atoms with Crippen molar-refractivity contribution in [3.05, 3.63) is 54.0 Å². The molecule has 116 valence electrons. The zero-order valence-electron chi connectivity index (χ0n) is 12.4. The number of hydrogen-bond donors (Lipinski definition) is 0. The van der Waals surface area contributed by atoms with Crippen molar-refractivity contribution in [3.63, 3.8) is 0 Å². The molecule has 0 fully saturated rings. The molecule has 0 aliphatic carbocycles. The summed E-state index contributed by atoms with van der Waals surface area (Å²) in [6.45, 7) is 1.19. The number of aryl methyl sites for hydroxylation is 2. The van der Waals surface area contributed by atoms with Crippen LogP contribution in [-0.2, 0) is 12.8 Å². The molecule has 23 heavy (non-hydrogen) atoms. The van der Waals surface area contributed by atoms with Crippen molar-refractivity contribution in [2.45, 2.75) is 12.8 Å². The van der Waals surface area contributed by atoms with Crippen LogP contribution >= 0.6 is 0 Å². The maximum Gasteiger partial charge on any atom is 0.227 e. The van der Waals surface area contributed by atoms with Gasteiger partial charge in [0, 0.05) is 12.6 Å². The Morgan fingerprint density at radius 3 is 2.74 bits per heavy atom. The largest absolute Gasteiger partial charge is 0.486 e. The summed E-state index contributed by atoms with van der Waals surface area (Å²) in [5, 5.41) is 3.98. The van der Waals surface area contributed by atoms with Gasteiger partial charge in [-0.05, 0) is 36.2 Å². The number of fused-ring (bicyclic) bond motifs is 1. The van der Waals surface area contributed by atoms with Crippen LogP contribution in [0.5, 0.6) is 11.5 Å². The van der Waals surface area contributed by atoms with Crippen LogP contribution in [0.25, 0.3) is 11.5 Å². The number of benzene rings is 1. The van der Waals surface area contributed by atoms with Crippen molar-refractivity contribution in [3.8, 4) is 23.0 Å². The topological polar surface area (TPSA) is 70.3 Å². The van der Waals surface area contributed by atoms with Gasteiger partial charge in [0.1, 0.15) is 18.9 Å². The predicted molar refractivity (Wildman–Crippen MR) is 82.4 cm³/mol. The third kappa shape index (κ3) is 3.01. The van der Waals surface area contributed by atoms with E-state index < -0.39 is 0 Å². The summed E-state index contributed by atoms with van der Waals surface area (Å²) in [6.07, 6.45) is 3.17. The normalized spacial score (nSPS) is 13.0. The number of hydrogen-bond acceptors (Lipinski definition) is 6. The smallest absolute Gasteiger partial charge is 0.227 e. The zero-order chi connectivity index (χ0) is 15.5. The first-order valence-corrected chi connectivity index (χ1v) is 7.51. The SMILES string of the molecule is c1ccc(-c2noc(CCc3ccc4c(c3)OCCO4)n2)nc1. The molecule has 0 saturated heterocycles. The summed E-state index contributed by atoms with van der Waals surface area (Å²) in [5.74, 6) is 2.71. The molecule has 0 radical (unpaired) electrons. The van der Waals surface area contributed by atoms with E-state index in [9.17, 15) is 0 Å². The molecule has 2 aromatic heterocycles. The van der Waals surface area contributed by atoms with E-state index in [1.165, 1.54) is 0 Å². The van der Waals surface area contributed by atoms with E-state index in [2.05, 4.69) is 15.1 Å². The van der Waals surface area contributed by atoms with E-state index in [-0.39, 0.29) is 0 Å². The van der Waals surface area contributed by atoms with E-state index in [1.807, 2.05) is 36.4 Å². The van der Waals surface area contributed by atoms with Gasteiger partial charge in [-0.1, -0.05) is 17.3 Å². The molecule has 0 amide bonds. The Hall–Kier alpha value is -2.89. The average molecular weight is 309 g/mol. The van der Waals surface area contributed by atoms with Gasteiger partial charge in [-0.15, -0.1) is 0 Å². The molecule has 6 nitrogen and oxygen atoms in total. The quantitative estimate of drug-likeness (QED) is 0.738. The highest BCUT2D eigenvalue weighted by Crippen LogP contribution is 2.31. The lowest BCUT2D eigenvalue weighted by molar-refractivity contribution is 0.171. The van der Waals surface area contributed by atoms with E-state index in [0.29, 0.717) is 37.0 Å². The van der Waals surface area contributed by atoms with Crippen molar-refractivity contribution in [2.75, 3.05) is 13.2 Å². The highest BCUT2D eigenvalue weighted by atomic mass is 16.6. The summed E-state index contributed by atoms with van der Waals surface area (Å²) < 4.78 is 16.4. The van der Waals surface area contributed by atoms with Crippen molar-refractivity contribution >= 4 is 0 Å². The third-order valence-corrected chi connectivity index (χ3v) is 3.60. The molecule has 0 bridgehead atoms. The van der Waals surface area contributed by atoms with Crippen LogP contribution in [0, 0.1) is 0 Å². The summed E-state index contributed by atoms with van der Waals surface area (Å²) in [5.41, 5.74) is 1.86. The van der Waals surface area contributed by atoms with Gasteiger partial charge in [0.05, 0.1) is 0 Å². The van der Waals surface area contributed by atoms with E-state index in [0.717, 1.165) is 23.5 Å². The van der Waals surface area contributed by atoms with Crippen molar-refractivity contribution in [2.24, 2.45) is 0 Å². The number of nitrogens with zero attached hydrogens (tertiary/aromatic N) is 3. The fraction of sp³-hybridized carbons (Fsp3) is 0.235. The van der Waals surface area contributed by atoms with Gasteiger partial charge in [-0.25, -0.2) is 0 Å². The van der Waals surface area contributed by atoms with Crippen LogP contribution in [0.4, 0.5) is 0 Å². The lowest BCUT2D eigenvalue weighted by Crippen LogP contribution is -2.15. The molecule has 1 aliphatic rings. The second-order valence-corrected chi connectivity index (χ2v) is 5.20. The summed E-state index contributed by atoms with van der Waals surface area (Å²) in [6, 6.07) is 11.6. The Morgan fingerprint density at radius 1 is 0.957 bits per heavy atom. The maximum absolute atomic E-state index is 5.59. The number of ether oxygens (including phenoxy) is 2. The molecule has 0 N–H and O–H groups in total. The molecular weight excluding hydrogens is 294 g/mol. The average Bonchev–Trinajstić information content (AvgIpc) is 3.10. The molecule has 3 heterocycles. The lowest BCUT2D eigenvalue weighted by atomic mass is 10.1. The van der Waals surface area contributed by atoms with Crippen molar-refractivity contribution < 1.29 is 14.0 Å². The third-order valence-electron chi connectivity index (χ3n) is 3.60. The molecule has 1 aromatic carbocycles. The summed E-state index contributed by atoms with van der Waals surface area (Å²) in [4.78, 5) is 8.60. The Balaban J connectivity index is 1.44. The first-order valence-electron chi connectivity index (χ1n) is 7.51.